The first-order valence-electron chi connectivity index (χ1n) is 8.84. The maximum atomic E-state index is 12.5. The van der Waals surface area contributed by atoms with Crippen molar-refractivity contribution in [3.8, 4) is 10.7 Å². The van der Waals surface area contributed by atoms with Gasteiger partial charge in [-0.25, -0.2) is 0 Å². The van der Waals surface area contributed by atoms with Crippen LogP contribution in [0.15, 0.2) is 46.3 Å². The predicted molar refractivity (Wildman–Crippen MR) is 106 cm³/mol. The standard InChI is InChI=1S/C19H19ClN4O2S/c20-14-3-5-15(6-4-14)23-9-11-24(12-10-23)18(25)8-7-17-21-19(22-26-17)16-2-1-13-27-16/h1-6,13H,7-12H2. The van der Waals surface area contributed by atoms with Crippen molar-refractivity contribution in [3.63, 3.8) is 0 Å². The third kappa shape index (κ3) is 4.31. The van der Waals surface area contributed by atoms with E-state index in [4.69, 9.17) is 16.1 Å². The molecule has 3 heterocycles. The second kappa shape index (κ2) is 8.10. The van der Waals surface area contributed by atoms with Crippen molar-refractivity contribution in [1.29, 1.82) is 0 Å². The van der Waals surface area contributed by atoms with E-state index in [-0.39, 0.29) is 5.91 Å². The lowest BCUT2D eigenvalue weighted by atomic mass is 10.2. The summed E-state index contributed by atoms with van der Waals surface area (Å²) in [6.07, 6.45) is 0.849. The third-order valence-electron chi connectivity index (χ3n) is 4.59. The predicted octanol–water partition coefficient (Wildman–Crippen LogP) is 3.73. The molecule has 1 amide bonds. The fourth-order valence-corrected chi connectivity index (χ4v) is 3.88. The lowest BCUT2D eigenvalue weighted by Gasteiger charge is -2.36. The van der Waals surface area contributed by atoms with Gasteiger partial charge in [-0.1, -0.05) is 22.8 Å². The van der Waals surface area contributed by atoms with Crippen LogP contribution in [0.1, 0.15) is 12.3 Å². The van der Waals surface area contributed by atoms with Crippen LogP contribution >= 0.6 is 22.9 Å². The lowest BCUT2D eigenvalue weighted by molar-refractivity contribution is -0.131. The minimum absolute atomic E-state index is 0.127. The van der Waals surface area contributed by atoms with Gasteiger partial charge in [0.25, 0.3) is 0 Å². The molecule has 1 aliphatic heterocycles. The van der Waals surface area contributed by atoms with Crippen LogP contribution in [0.25, 0.3) is 10.7 Å². The minimum atomic E-state index is 0.127. The van der Waals surface area contributed by atoms with Gasteiger partial charge < -0.3 is 14.3 Å². The number of rotatable bonds is 5. The van der Waals surface area contributed by atoms with Crippen molar-refractivity contribution in [2.45, 2.75) is 12.8 Å². The number of benzene rings is 1. The van der Waals surface area contributed by atoms with Gasteiger partial charge in [0, 0.05) is 49.7 Å². The number of aromatic nitrogens is 2. The van der Waals surface area contributed by atoms with E-state index in [0.717, 1.165) is 28.7 Å². The van der Waals surface area contributed by atoms with Gasteiger partial charge in [0.1, 0.15) is 0 Å². The quantitative estimate of drug-likeness (QED) is 0.650. The van der Waals surface area contributed by atoms with Crippen molar-refractivity contribution in [3.05, 3.63) is 52.7 Å². The average Bonchev–Trinajstić information content (AvgIpc) is 3.38. The zero-order valence-corrected chi connectivity index (χ0v) is 16.2. The Kier molecular flexibility index (Phi) is 5.40. The minimum Gasteiger partial charge on any atom is -0.368 e. The smallest absolute Gasteiger partial charge is 0.227 e. The van der Waals surface area contributed by atoms with E-state index in [1.165, 1.54) is 0 Å². The number of hydrogen-bond donors (Lipinski definition) is 0. The Morgan fingerprint density at radius 3 is 2.63 bits per heavy atom. The van der Waals surface area contributed by atoms with Crippen LogP contribution in [0.2, 0.25) is 5.02 Å². The zero-order chi connectivity index (χ0) is 18.6. The number of carbonyl (C=O) groups excluding carboxylic acids is 1. The van der Waals surface area contributed by atoms with Gasteiger partial charge in [0.15, 0.2) is 0 Å². The summed E-state index contributed by atoms with van der Waals surface area (Å²) in [7, 11) is 0. The maximum Gasteiger partial charge on any atom is 0.227 e. The van der Waals surface area contributed by atoms with Crippen LogP contribution in [0, 0.1) is 0 Å². The molecule has 0 bridgehead atoms. The van der Waals surface area contributed by atoms with Crippen LogP contribution in [0.5, 0.6) is 0 Å². The molecule has 0 atom stereocenters. The van der Waals surface area contributed by atoms with Crippen molar-refractivity contribution in [2.75, 3.05) is 31.1 Å². The van der Waals surface area contributed by atoms with E-state index >= 15 is 0 Å². The van der Waals surface area contributed by atoms with Gasteiger partial charge in [-0.2, -0.15) is 4.98 Å². The number of hydrogen-bond acceptors (Lipinski definition) is 6. The second-order valence-corrected chi connectivity index (χ2v) is 7.72. The van der Waals surface area contributed by atoms with Gasteiger partial charge in [-0.15, -0.1) is 11.3 Å². The molecule has 0 saturated carbocycles. The van der Waals surface area contributed by atoms with Crippen LogP contribution in [-0.2, 0) is 11.2 Å². The van der Waals surface area contributed by atoms with Crippen molar-refractivity contribution in [1.82, 2.24) is 15.0 Å². The van der Waals surface area contributed by atoms with E-state index in [2.05, 4.69) is 15.0 Å². The topological polar surface area (TPSA) is 62.5 Å². The van der Waals surface area contributed by atoms with Crippen LogP contribution in [0.4, 0.5) is 5.69 Å². The molecule has 140 valence electrons. The molecule has 8 heteroatoms. The monoisotopic (exact) mass is 402 g/mol. The second-order valence-electron chi connectivity index (χ2n) is 6.33. The number of nitrogens with zero attached hydrogens (tertiary/aromatic N) is 4. The molecule has 4 rings (SSSR count). The molecule has 2 aromatic heterocycles. The number of carbonyl (C=O) groups is 1. The van der Waals surface area contributed by atoms with Gasteiger partial charge in [-0.3, -0.25) is 4.79 Å². The molecule has 0 spiro atoms. The molecular weight excluding hydrogens is 384 g/mol. The number of anilines is 1. The highest BCUT2D eigenvalue weighted by Gasteiger charge is 2.22. The molecule has 0 aliphatic carbocycles. The maximum absolute atomic E-state index is 12.5. The summed E-state index contributed by atoms with van der Waals surface area (Å²) in [4.78, 5) is 22.0. The summed E-state index contributed by atoms with van der Waals surface area (Å²) in [5.41, 5.74) is 1.14. The molecule has 6 nitrogen and oxygen atoms in total. The lowest BCUT2D eigenvalue weighted by Crippen LogP contribution is -2.48. The molecule has 3 aromatic rings. The first kappa shape index (κ1) is 18.0. The largest absolute Gasteiger partial charge is 0.368 e. The SMILES string of the molecule is O=C(CCc1nc(-c2cccs2)no1)N1CCN(c2ccc(Cl)cc2)CC1. The normalized spacial score (nSPS) is 14.6. The molecule has 1 aromatic carbocycles. The molecule has 1 saturated heterocycles. The average molecular weight is 403 g/mol. The Balaban J connectivity index is 1.27. The highest BCUT2D eigenvalue weighted by atomic mass is 35.5. The summed E-state index contributed by atoms with van der Waals surface area (Å²) in [6, 6.07) is 11.7. The number of aryl methyl sites for hydroxylation is 1. The number of thiophene rings is 1. The molecule has 0 radical (unpaired) electrons. The molecule has 0 unspecified atom stereocenters. The summed E-state index contributed by atoms with van der Waals surface area (Å²) >= 11 is 7.51. The fourth-order valence-electron chi connectivity index (χ4n) is 3.10. The van der Waals surface area contributed by atoms with Crippen molar-refractivity contribution < 1.29 is 9.32 Å². The van der Waals surface area contributed by atoms with Crippen molar-refractivity contribution in [2.24, 2.45) is 0 Å². The Hall–Kier alpha value is -2.38. The Morgan fingerprint density at radius 2 is 1.93 bits per heavy atom. The molecule has 0 N–H and O–H groups in total. The highest BCUT2D eigenvalue weighted by Crippen LogP contribution is 2.22. The summed E-state index contributed by atoms with van der Waals surface area (Å²) in [5.74, 6) is 1.22. The fraction of sp³-hybridized carbons (Fsp3) is 0.316. The van der Waals surface area contributed by atoms with E-state index in [9.17, 15) is 4.79 Å². The summed E-state index contributed by atoms with van der Waals surface area (Å²) in [5, 5.41) is 6.69. The summed E-state index contributed by atoms with van der Waals surface area (Å²) in [6.45, 7) is 3.06. The first-order chi connectivity index (χ1) is 13.2. The number of amides is 1. The van der Waals surface area contributed by atoms with Crippen LogP contribution in [0.3, 0.4) is 0 Å². The van der Waals surface area contributed by atoms with E-state index in [1.807, 2.05) is 46.7 Å². The highest BCUT2D eigenvalue weighted by molar-refractivity contribution is 7.13. The Bertz CT molecular complexity index is 887. The molecule has 27 heavy (non-hydrogen) atoms. The molecular formula is C19H19ClN4O2S. The molecule has 1 aliphatic rings. The van der Waals surface area contributed by atoms with Crippen LogP contribution < -0.4 is 4.90 Å². The first-order valence-corrected chi connectivity index (χ1v) is 10.1. The Labute approximate surface area is 166 Å². The number of piperazine rings is 1. The number of halogens is 1. The van der Waals surface area contributed by atoms with Gasteiger partial charge >= 0.3 is 0 Å². The van der Waals surface area contributed by atoms with Crippen LogP contribution in [-0.4, -0.2) is 47.1 Å². The summed E-state index contributed by atoms with van der Waals surface area (Å²) < 4.78 is 5.27. The van der Waals surface area contributed by atoms with Crippen molar-refractivity contribution >= 4 is 34.5 Å². The van der Waals surface area contributed by atoms with E-state index in [0.29, 0.717) is 37.6 Å². The Morgan fingerprint density at radius 1 is 1.15 bits per heavy atom. The van der Waals surface area contributed by atoms with Gasteiger partial charge in [-0.05, 0) is 35.7 Å². The third-order valence-corrected chi connectivity index (χ3v) is 5.70. The zero-order valence-electron chi connectivity index (χ0n) is 14.7. The molecule has 1 fully saturated rings. The van der Waals surface area contributed by atoms with E-state index in [1.54, 1.807) is 11.3 Å². The van der Waals surface area contributed by atoms with Gasteiger partial charge in [0.05, 0.1) is 4.88 Å². The van der Waals surface area contributed by atoms with Gasteiger partial charge in [0.2, 0.25) is 17.6 Å². The van der Waals surface area contributed by atoms with E-state index < -0.39 is 0 Å².